The zero-order valence-electron chi connectivity index (χ0n) is 15.7. The van der Waals surface area contributed by atoms with Gasteiger partial charge in [0.2, 0.25) is 0 Å². The number of hydrogen-bond acceptors (Lipinski definition) is 4. The highest BCUT2D eigenvalue weighted by Crippen LogP contribution is 2.32. The molecule has 4 rings (SSSR count). The number of likely N-dealkylation sites (N-methyl/N-ethyl adjacent to an activating group) is 1. The van der Waals surface area contributed by atoms with Gasteiger partial charge in [-0.3, -0.25) is 4.79 Å². The number of carbonyl (C=O) groups is 1. The number of piperidine rings is 1. The molecule has 1 aliphatic rings. The largest absolute Gasteiger partial charge is 0.366 e. The molecule has 3 aromatic rings. The predicted octanol–water partition coefficient (Wildman–Crippen LogP) is 1.79. The van der Waals surface area contributed by atoms with E-state index in [0.29, 0.717) is 17.0 Å². The van der Waals surface area contributed by atoms with Crippen LogP contribution in [0.5, 0.6) is 0 Å². The summed E-state index contributed by atoms with van der Waals surface area (Å²) in [6.45, 7) is 4.25. The first-order valence-corrected chi connectivity index (χ1v) is 9.30. The highest BCUT2D eigenvalue weighted by molar-refractivity contribution is 6.05. The molecule has 3 N–H and O–H groups in total. The number of fused-ring (bicyclic) bond motifs is 3. The molecule has 0 saturated carbocycles. The average Bonchev–Trinajstić information content (AvgIpc) is 3.18. The van der Waals surface area contributed by atoms with Crippen molar-refractivity contribution < 1.29 is 9.18 Å². The Hall–Kier alpha value is -2.45. The molecule has 0 aliphatic carbocycles. The van der Waals surface area contributed by atoms with Gasteiger partial charge < -0.3 is 20.5 Å². The topological polar surface area (TPSA) is 82.7 Å². The van der Waals surface area contributed by atoms with Crippen molar-refractivity contribution in [3.63, 3.8) is 0 Å². The number of benzene rings is 1. The van der Waals surface area contributed by atoms with Crippen LogP contribution < -0.4 is 5.73 Å². The van der Waals surface area contributed by atoms with E-state index in [1.165, 1.54) is 12.1 Å². The summed E-state index contributed by atoms with van der Waals surface area (Å²) in [6.07, 6.45) is 3.97. The number of nitrogens with zero attached hydrogens (tertiary/aromatic N) is 4. The van der Waals surface area contributed by atoms with Gasteiger partial charge in [0.15, 0.2) is 0 Å². The van der Waals surface area contributed by atoms with Crippen molar-refractivity contribution in [3.05, 3.63) is 35.3 Å². The number of imidazole rings is 1. The van der Waals surface area contributed by atoms with Crippen LogP contribution in [0.3, 0.4) is 0 Å². The number of nitrogens with one attached hydrogen (secondary N) is 1. The van der Waals surface area contributed by atoms with E-state index in [2.05, 4.69) is 34.0 Å². The summed E-state index contributed by atoms with van der Waals surface area (Å²) in [6, 6.07) is 2.55. The van der Waals surface area contributed by atoms with Crippen LogP contribution in [0.2, 0.25) is 0 Å². The Morgan fingerprint density at radius 2 is 2.11 bits per heavy atom. The minimum atomic E-state index is -0.661. The fraction of sp³-hybridized carbons (Fsp3) is 0.474. The monoisotopic (exact) mass is 372 g/mol. The second kappa shape index (κ2) is 6.94. The Kier molecular flexibility index (Phi) is 4.61. The molecular weight excluding hydrogens is 347 g/mol. The van der Waals surface area contributed by atoms with E-state index in [9.17, 15) is 9.18 Å². The van der Waals surface area contributed by atoms with Gasteiger partial charge in [0.1, 0.15) is 17.0 Å². The molecular formula is C19H25FN6O. The van der Waals surface area contributed by atoms with E-state index in [1.807, 2.05) is 6.20 Å². The second-order valence-electron chi connectivity index (χ2n) is 7.62. The van der Waals surface area contributed by atoms with Crippen LogP contribution >= 0.6 is 0 Å². The molecule has 0 spiro atoms. The molecule has 2 aromatic heterocycles. The summed E-state index contributed by atoms with van der Waals surface area (Å²) in [7, 11) is 4.19. The van der Waals surface area contributed by atoms with E-state index in [4.69, 9.17) is 5.73 Å². The van der Waals surface area contributed by atoms with Crippen LogP contribution in [0.4, 0.5) is 4.39 Å². The average molecular weight is 372 g/mol. The number of aromatic nitrogens is 3. The lowest BCUT2D eigenvalue weighted by molar-refractivity contribution is 0.100. The zero-order chi connectivity index (χ0) is 19.1. The van der Waals surface area contributed by atoms with E-state index in [0.717, 1.165) is 50.2 Å². The van der Waals surface area contributed by atoms with Gasteiger partial charge >= 0.3 is 0 Å². The lowest BCUT2D eigenvalue weighted by Crippen LogP contribution is -2.37. The Balaban J connectivity index is 1.63. The quantitative estimate of drug-likeness (QED) is 0.715. The second-order valence-corrected chi connectivity index (χ2v) is 7.62. The van der Waals surface area contributed by atoms with Gasteiger partial charge in [0, 0.05) is 18.7 Å². The van der Waals surface area contributed by atoms with Gasteiger partial charge in [-0.15, -0.1) is 0 Å². The summed E-state index contributed by atoms with van der Waals surface area (Å²) >= 11 is 0. The first-order valence-electron chi connectivity index (χ1n) is 9.30. The fourth-order valence-electron chi connectivity index (χ4n) is 4.00. The van der Waals surface area contributed by atoms with Crippen LogP contribution in [0.15, 0.2) is 18.3 Å². The molecule has 144 valence electrons. The van der Waals surface area contributed by atoms with E-state index < -0.39 is 11.7 Å². The van der Waals surface area contributed by atoms with Crippen molar-refractivity contribution in [3.8, 4) is 0 Å². The molecule has 0 radical (unpaired) electrons. The van der Waals surface area contributed by atoms with Gasteiger partial charge in [-0.1, -0.05) is 0 Å². The van der Waals surface area contributed by atoms with E-state index >= 15 is 0 Å². The maximum Gasteiger partial charge on any atom is 0.251 e. The Labute approximate surface area is 156 Å². The lowest BCUT2D eigenvalue weighted by atomic mass is 9.91. The number of amides is 1. The van der Waals surface area contributed by atoms with Gasteiger partial charge in [-0.05, 0) is 58.1 Å². The minimum Gasteiger partial charge on any atom is -0.366 e. The van der Waals surface area contributed by atoms with Crippen molar-refractivity contribution in [1.82, 2.24) is 24.4 Å². The minimum absolute atomic E-state index is 0.143. The van der Waals surface area contributed by atoms with Gasteiger partial charge in [0.05, 0.1) is 17.3 Å². The normalized spacial score (nSPS) is 16.7. The number of primary amides is 1. The Morgan fingerprint density at radius 3 is 2.78 bits per heavy atom. The fourth-order valence-corrected chi connectivity index (χ4v) is 4.00. The Morgan fingerprint density at radius 1 is 1.37 bits per heavy atom. The smallest absolute Gasteiger partial charge is 0.251 e. The SMILES string of the molecule is CN(C)CCN1CCC(c2cnn3c2[nH]c2cc(F)cc(C(N)=O)c23)CC1. The molecule has 1 saturated heterocycles. The van der Waals surface area contributed by atoms with Crippen LogP contribution in [0.1, 0.15) is 34.7 Å². The maximum atomic E-state index is 13.9. The van der Waals surface area contributed by atoms with Crippen molar-refractivity contribution in [2.45, 2.75) is 18.8 Å². The molecule has 27 heavy (non-hydrogen) atoms. The number of halogens is 1. The molecule has 7 nitrogen and oxygen atoms in total. The molecule has 1 aliphatic heterocycles. The summed E-state index contributed by atoms with van der Waals surface area (Å²) in [5, 5.41) is 4.47. The first-order chi connectivity index (χ1) is 12.9. The molecule has 1 fully saturated rings. The van der Waals surface area contributed by atoms with Crippen LogP contribution in [0, 0.1) is 5.82 Å². The van der Waals surface area contributed by atoms with Crippen LogP contribution in [-0.2, 0) is 0 Å². The number of aromatic amines is 1. The van der Waals surface area contributed by atoms with Crippen molar-refractivity contribution in [2.24, 2.45) is 5.73 Å². The highest BCUT2D eigenvalue weighted by Gasteiger charge is 2.25. The molecule has 8 heteroatoms. The highest BCUT2D eigenvalue weighted by atomic mass is 19.1. The third kappa shape index (κ3) is 3.30. The number of H-pyrrole nitrogens is 1. The number of carbonyl (C=O) groups excluding carboxylic acids is 1. The van der Waals surface area contributed by atoms with Crippen LogP contribution in [-0.4, -0.2) is 70.6 Å². The zero-order valence-corrected chi connectivity index (χ0v) is 15.7. The molecule has 1 amide bonds. The molecule has 0 unspecified atom stereocenters. The lowest BCUT2D eigenvalue weighted by Gasteiger charge is -2.32. The number of nitrogens with two attached hydrogens (primary N) is 1. The standard InChI is InChI=1S/C19H25FN6O/c1-24(2)7-8-25-5-3-12(4-6-25)15-11-22-26-17-14(18(21)27)9-13(20)10-16(17)23-19(15)26/h9-12,23H,3-8H2,1-2H3,(H2,21,27). The van der Waals surface area contributed by atoms with Gasteiger partial charge in [-0.25, -0.2) is 8.91 Å². The third-order valence-electron chi connectivity index (χ3n) is 5.49. The Bertz CT molecular complexity index is 983. The van der Waals surface area contributed by atoms with Gasteiger partial charge in [0.25, 0.3) is 5.91 Å². The van der Waals surface area contributed by atoms with Crippen molar-refractivity contribution >= 4 is 22.6 Å². The summed E-state index contributed by atoms with van der Waals surface area (Å²) < 4.78 is 15.5. The van der Waals surface area contributed by atoms with Gasteiger partial charge in [-0.2, -0.15) is 5.10 Å². The van der Waals surface area contributed by atoms with Crippen molar-refractivity contribution in [2.75, 3.05) is 40.3 Å². The number of likely N-dealkylation sites (tertiary alicyclic amines) is 1. The summed E-state index contributed by atoms with van der Waals surface area (Å²) in [5.41, 5.74) is 8.60. The van der Waals surface area contributed by atoms with E-state index in [-0.39, 0.29) is 5.56 Å². The van der Waals surface area contributed by atoms with Crippen molar-refractivity contribution in [1.29, 1.82) is 0 Å². The summed E-state index contributed by atoms with van der Waals surface area (Å²) in [4.78, 5) is 19.7. The van der Waals surface area contributed by atoms with E-state index in [1.54, 1.807) is 4.52 Å². The maximum absolute atomic E-state index is 13.9. The molecule has 1 aromatic carbocycles. The number of rotatable bonds is 5. The molecule has 0 atom stereocenters. The predicted molar refractivity (Wildman–Crippen MR) is 102 cm³/mol. The molecule has 3 heterocycles. The molecule has 0 bridgehead atoms. The number of hydrogen-bond donors (Lipinski definition) is 2. The third-order valence-corrected chi connectivity index (χ3v) is 5.49. The first kappa shape index (κ1) is 17.9. The summed E-state index contributed by atoms with van der Waals surface area (Å²) in [5.74, 6) is -0.753. The van der Waals surface area contributed by atoms with Crippen LogP contribution in [0.25, 0.3) is 16.7 Å².